The highest BCUT2D eigenvalue weighted by Crippen LogP contribution is 2.38. The maximum Gasteiger partial charge on any atom is 0.325 e. The number of rotatable bonds is 5. The number of likely N-dealkylation sites (N-methyl/N-ethyl adjacent to an activating group) is 1. The van der Waals surface area contributed by atoms with Gasteiger partial charge in [0, 0.05) is 34.7 Å². The average Bonchev–Trinajstić information content (AvgIpc) is 2.67. The monoisotopic (exact) mass is 471 g/mol. The molecule has 3 rings (SSSR count). The number of hydrogen-bond acceptors (Lipinski definition) is 4. The molecule has 0 saturated heterocycles. The Labute approximate surface area is 192 Å². The number of amides is 2. The van der Waals surface area contributed by atoms with Crippen molar-refractivity contribution in [1.29, 1.82) is 0 Å². The lowest BCUT2D eigenvalue weighted by molar-refractivity contribution is -0.141. The maximum absolute atomic E-state index is 11.9. The Kier molecular flexibility index (Phi) is 8.79. The fourth-order valence-electron chi connectivity index (χ4n) is 3.47. The fraction of sp³-hybridized carbons (Fsp3) is 0.333. The molecule has 0 aromatic heterocycles. The standard InChI is InChI=1S/C21H23Cl2N3O3.ClH/c1-3-29-20(27)10-24-21(28)25-15-6-4-13(5-7-15)17-11-26(2)12-18-16(17)8-14(22)9-19(18)23;/h4-9,17H,3,10-12H2,1-2H3,(H2,24,25,28);1H. The first-order chi connectivity index (χ1) is 13.9. The van der Waals surface area contributed by atoms with Gasteiger partial charge in [0.15, 0.2) is 0 Å². The predicted molar refractivity (Wildman–Crippen MR) is 122 cm³/mol. The molecule has 162 valence electrons. The van der Waals surface area contributed by atoms with Crippen molar-refractivity contribution in [1.82, 2.24) is 10.2 Å². The Hall–Kier alpha value is -1.99. The number of halogens is 3. The molecule has 0 fully saturated rings. The summed E-state index contributed by atoms with van der Waals surface area (Å²) in [5.41, 5.74) is 3.96. The normalized spacial score (nSPS) is 15.5. The molecule has 2 aromatic carbocycles. The van der Waals surface area contributed by atoms with Gasteiger partial charge in [0.25, 0.3) is 0 Å². The third-order valence-electron chi connectivity index (χ3n) is 4.76. The van der Waals surface area contributed by atoms with Gasteiger partial charge in [-0.3, -0.25) is 4.79 Å². The molecular weight excluding hydrogens is 449 g/mol. The van der Waals surface area contributed by atoms with Gasteiger partial charge in [-0.05, 0) is 54.9 Å². The van der Waals surface area contributed by atoms with Crippen LogP contribution in [0.4, 0.5) is 10.5 Å². The summed E-state index contributed by atoms with van der Waals surface area (Å²) in [5, 5.41) is 6.48. The molecule has 0 spiro atoms. The second kappa shape index (κ2) is 10.9. The molecule has 1 aliphatic heterocycles. The van der Waals surface area contributed by atoms with E-state index in [4.69, 9.17) is 27.9 Å². The van der Waals surface area contributed by atoms with E-state index in [1.54, 1.807) is 13.0 Å². The number of benzene rings is 2. The van der Waals surface area contributed by atoms with Crippen molar-refractivity contribution in [2.75, 3.05) is 32.1 Å². The molecule has 9 heteroatoms. The number of urea groups is 1. The van der Waals surface area contributed by atoms with E-state index in [-0.39, 0.29) is 31.5 Å². The number of esters is 1. The molecule has 2 amide bonds. The van der Waals surface area contributed by atoms with Crippen molar-refractivity contribution in [3.05, 3.63) is 63.1 Å². The van der Waals surface area contributed by atoms with Crippen LogP contribution in [0.5, 0.6) is 0 Å². The van der Waals surface area contributed by atoms with Crippen LogP contribution in [0, 0.1) is 0 Å². The lowest BCUT2D eigenvalue weighted by Gasteiger charge is -2.33. The van der Waals surface area contributed by atoms with Gasteiger partial charge in [0.2, 0.25) is 0 Å². The number of ether oxygens (including phenoxy) is 1. The van der Waals surface area contributed by atoms with E-state index >= 15 is 0 Å². The van der Waals surface area contributed by atoms with Crippen molar-refractivity contribution >= 4 is 53.3 Å². The van der Waals surface area contributed by atoms with E-state index in [1.807, 2.05) is 30.3 Å². The molecule has 6 nitrogen and oxygen atoms in total. The highest BCUT2D eigenvalue weighted by atomic mass is 35.5. The SMILES string of the molecule is CCOC(=O)CNC(=O)Nc1ccc(C2CN(C)Cc3c(Cl)cc(Cl)cc32)cc1.Cl. The number of nitrogens with zero attached hydrogens (tertiary/aromatic N) is 1. The summed E-state index contributed by atoms with van der Waals surface area (Å²) in [7, 11) is 2.06. The quantitative estimate of drug-likeness (QED) is 0.620. The molecule has 1 aliphatic rings. The van der Waals surface area contributed by atoms with E-state index < -0.39 is 12.0 Å². The number of carbonyl (C=O) groups is 2. The first kappa shape index (κ1) is 24.3. The number of fused-ring (bicyclic) bond motifs is 1. The van der Waals surface area contributed by atoms with Gasteiger partial charge in [0.05, 0.1) is 6.61 Å². The third-order valence-corrected chi connectivity index (χ3v) is 5.32. The molecule has 2 N–H and O–H groups in total. The highest BCUT2D eigenvalue weighted by molar-refractivity contribution is 6.35. The Morgan fingerprint density at radius 3 is 2.57 bits per heavy atom. The van der Waals surface area contributed by atoms with Crippen molar-refractivity contribution in [2.24, 2.45) is 0 Å². The molecule has 2 aromatic rings. The van der Waals surface area contributed by atoms with Crippen LogP contribution in [0.3, 0.4) is 0 Å². The van der Waals surface area contributed by atoms with Crippen molar-refractivity contribution in [3.63, 3.8) is 0 Å². The fourth-order valence-corrected chi connectivity index (χ4v) is 4.04. The van der Waals surface area contributed by atoms with Crippen molar-refractivity contribution < 1.29 is 14.3 Å². The minimum atomic E-state index is -0.476. The zero-order valence-electron chi connectivity index (χ0n) is 16.7. The summed E-state index contributed by atoms with van der Waals surface area (Å²) in [6.07, 6.45) is 0. The van der Waals surface area contributed by atoms with E-state index in [9.17, 15) is 9.59 Å². The summed E-state index contributed by atoms with van der Waals surface area (Å²) in [6, 6.07) is 10.9. The highest BCUT2D eigenvalue weighted by Gasteiger charge is 2.27. The molecule has 0 aliphatic carbocycles. The van der Waals surface area contributed by atoms with E-state index in [2.05, 4.69) is 22.6 Å². The van der Waals surface area contributed by atoms with Gasteiger partial charge in [0.1, 0.15) is 6.54 Å². The molecule has 0 radical (unpaired) electrons. The summed E-state index contributed by atoms with van der Waals surface area (Å²) in [5.74, 6) is -0.345. The van der Waals surface area contributed by atoms with Gasteiger partial charge in [-0.25, -0.2) is 4.79 Å². The van der Waals surface area contributed by atoms with Crippen LogP contribution >= 0.6 is 35.6 Å². The Bertz CT molecular complexity index is 906. The Morgan fingerprint density at radius 1 is 1.20 bits per heavy atom. The van der Waals surface area contributed by atoms with E-state index in [0.717, 1.165) is 29.8 Å². The van der Waals surface area contributed by atoms with Crippen LogP contribution in [0.15, 0.2) is 36.4 Å². The third kappa shape index (κ3) is 6.01. The average molecular weight is 473 g/mol. The van der Waals surface area contributed by atoms with Gasteiger partial charge in [-0.1, -0.05) is 35.3 Å². The zero-order chi connectivity index (χ0) is 21.0. The van der Waals surface area contributed by atoms with Crippen LogP contribution in [0.2, 0.25) is 10.0 Å². The molecule has 1 unspecified atom stereocenters. The smallest absolute Gasteiger partial charge is 0.325 e. The Balaban J connectivity index is 0.00000320. The van der Waals surface area contributed by atoms with Gasteiger partial charge in [-0.2, -0.15) is 0 Å². The van der Waals surface area contributed by atoms with Crippen LogP contribution in [-0.4, -0.2) is 43.6 Å². The second-order valence-electron chi connectivity index (χ2n) is 6.94. The van der Waals surface area contributed by atoms with Crippen LogP contribution < -0.4 is 10.6 Å². The number of nitrogens with one attached hydrogen (secondary N) is 2. The molecule has 30 heavy (non-hydrogen) atoms. The summed E-state index contributed by atoms with van der Waals surface area (Å²) in [6.45, 7) is 3.44. The minimum Gasteiger partial charge on any atom is -0.465 e. The lowest BCUT2D eigenvalue weighted by Crippen LogP contribution is -2.34. The molecule has 0 bridgehead atoms. The number of hydrogen-bond donors (Lipinski definition) is 2. The summed E-state index contributed by atoms with van der Waals surface area (Å²) in [4.78, 5) is 25.5. The molecule has 1 atom stereocenters. The first-order valence-corrected chi connectivity index (χ1v) is 10.1. The maximum atomic E-state index is 11.9. The molecular formula is C21H24Cl3N3O3. The number of anilines is 1. The minimum absolute atomic E-state index is 0. The van der Waals surface area contributed by atoms with E-state index in [1.165, 1.54) is 0 Å². The molecule has 1 heterocycles. The Morgan fingerprint density at radius 2 is 1.90 bits per heavy atom. The first-order valence-electron chi connectivity index (χ1n) is 9.34. The predicted octanol–water partition coefficient (Wildman–Crippen LogP) is 4.68. The second-order valence-corrected chi connectivity index (χ2v) is 7.78. The van der Waals surface area contributed by atoms with E-state index in [0.29, 0.717) is 15.7 Å². The molecule has 0 saturated carbocycles. The summed E-state index contributed by atoms with van der Waals surface area (Å²) >= 11 is 12.7. The topological polar surface area (TPSA) is 70.7 Å². The number of carbonyl (C=O) groups excluding carboxylic acids is 2. The van der Waals surface area contributed by atoms with Gasteiger partial charge < -0.3 is 20.3 Å². The van der Waals surface area contributed by atoms with Crippen LogP contribution in [0.25, 0.3) is 0 Å². The van der Waals surface area contributed by atoms with Crippen molar-refractivity contribution in [3.8, 4) is 0 Å². The van der Waals surface area contributed by atoms with Gasteiger partial charge in [-0.15, -0.1) is 12.4 Å². The lowest BCUT2D eigenvalue weighted by atomic mass is 9.85. The van der Waals surface area contributed by atoms with Crippen LogP contribution in [0.1, 0.15) is 29.5 Å². The largest absolute Gasteiger partial charge is 0.465 e. The summed E-state index contributed by atoms with van der Waals surface area (Å²) < 4.78 is 4.78. The zero-order valence-corrected chi connectivity index (χ0v) is 19.0. The van der Waals surface area contributed by atoms with Gasteiger partial charge >= 0.3 is 12.0 Å². The van der Waals surface area contributed by atoms with Crippen molar-refractivity contribution in [2.45, 2.75) is 19.4 Å². The van der Waals surface area contributed by atoms with Crippen LogP contribution in [-0.2, 0) is 16.1 Å².